The third kappa shape index (κ3) is 3.66. The standard InChI is InChI=1S/C21H22N8/c1-28-14-20(26-27-28)15-3-2-4-16(9-15)21-23-10-17(11-24-21)18-12-25-29(13-18)19-5-7-22-8-6-19/h2-4,9-14,19,22H,5-8H2,1H3. The van der Waals surface area contributed by atoms with Gasteiger partial charge in [0.2, 0.25) is 0 Å². The van der Waals surface area contributed by atoms with Gasteiger partial charge in [-0.1, -0.05) is 23.4 Å². The molecule has 0 atom stereocenters. The van der Waals surface area contributed by atoms with Gasteiger partial charge in [-0.15, -0.1) is 5.10 Å². The van der Waals surface area contributed by atoms with E-state index in [1.54, 1.807) is 4.68 Å². The highest BCUT2D eigenvalue weighted by atomic mass is 15.4. The maximum atomic E-state index is 4.59. The zero-order valence-corrected chi connectivity index (χ0v) is 16.2. The van der Waals surface area contributed by atoms with Gasteiger partial charge in [-0.3, -0.25) is 9.36 Å². The summed E-state index contributed by atoms with van der Waals surface area (Å²) in [5.41, 5.74) is 4.79. The van der Waals surface area contributed by atoms with Gasteiger partial charge in [0.15, 0.2) is 5.82 Å². The lowest BCUT2D eigenvalue weighted by Gasteiger charge is -2.22. The van der Waals surface area contributed by atoms with Gasteiger partial charge in [0, 0.05) is 47.9 Å². The average Bonchev–Trinajstić information content (AvgIpc) is 3.44. The van der Waals surface area contributed by atoms with Crippen molar-refractivity contribution < 1.29 is 0 Å². The molecular formula is C21H22N8. The molecule has 4 heterocycles. The molecule has 1 aliphatic rings. The summed E-state index contributed by atoms with van der Waals surface area (Å²) >= 11 is 0. The van der Waals surface area contributed by atoms with E-state index in [0.29, 0.717) is 11.9 Å². The molecule has 8 heteroatoms. The molecule has 5 rings (SSSR count). The average molecular weight is 386 g/mol. The van der Waals surface area contributed by atoms with E-state index in [-0.39, 0.29) is 0 Å². The lowest BCUT2D eigenvalue weighted by atomic mass is 10.1. The fraction of sp³-hybridized carbons (Fsp3) is 0.286. The summed E-state index contributed by atoms with van der Waals surface area (Å²) in [7, 11) is 1.86. The first-order chi connectivity index (χ1) is 14.3. The van der Waals surface area contributed by atoms with Gasteiger partial charge in [-0.25, -0.2) is 9.97 Å². The fourth-order valence-electron chi connectivity index (χ4n) is 3.68. The van der Waals surface area contributed by atoms with Crippen LogP contribution in [0.1, 0.15) is 18.9 Å². The largest absolute Gasteiger partial charge is 0.317 e. The van der Waals surface area contributed by atoms with Gasteiger partial charge in [0.1, 0.15) is 5.69 Å². The summed E-state index contributed by atoms with van der Waals surface area (Å²) in [6.45, 7) is 2.09. The Balaban J connectivity index is 1.37. The Morgan fingerprint density at radius 3 is 2.48 bits per heavy atom. The summed E-state index contributed by atoms with van der Waals surface area (Å²) in [4.78, 5) is 9.18. The second kappa shape index (κ2) is 7.56. The molecule has 0 saturated carbocycles. The van der Waals surface area contributed by atoms with Crippen LogP contribution in [0, 0.1) is 0 Å². The molecule has 146 valence electrons. The SMILES string of the molecule is Cn1cc(-c2cccc(-c3ncc(-c4cnn(C5CCNCC5)c4)cn3)c2)nn1. The third-order valence-electron chi connectivity index (χ3n) is 5.29. The molecular weight excluding hydrogens is 364 g/mol. The van der Waals surface area contributed by atoms with Crippen LogP contribution in [0.5, 0.6) is 0 Å². The highest BCUT2D eigenvalue weighted by Crippen LogP contribution is 2.25. The van der Waals surface area contributed by atoms with Gasteiger partial charge in [0.25, 0.3) is 0 Å². The van der Waals surface area contributed by atoms with Crippen molar-refractivity contribution in [1.29, 1.82) is 0 Å². The van der Waals surface area contributed by atoms with E-state index in [1.807, 2.05) is 56.1 Å². The molecule has 1 N–H and O–H groups in total. The summed E-state index contributed by atoms with van der Waals surface area (Å²) < 4.78 is 3.77. The lowest BCUT2D eigenvalue weighted by Crippen LogP contribution is -2.29. The predicted molar refractivity (Wildman–Crippen MR) is 110 cm³/mol. The molecule has 0 amide bonds. The van der Waals surface area contributed by atoms with Crippen LogP contribution in [0.15, 0.2) is 55.2 Å². The van der Waals surface area contributed by atoms with E-state index in [1.165, 1.54) is 0 Å². The second-order valence-corrected chi connectivity index (χ2v) is 7.34. The Labute approximate surface area is 168 Å². The van der Waals surface area contributed by atoms with Crippen LogP contribution in [0.2, 0.25) is 0 Å². The quantitative estimate of drug-likeness (QED) is 0.580. The molecule has 0 unspecified atom stereocenters. The van der Waals surface area contributed by atoms with Crippen molar-refractivity contribution in [1.82, 2.24) is 40.1 Å². The van der Waals surface area contributed by atoms with E-state index >= 15 is 0 Å². The van der Waals surface area contributed by atoms with Gasteiger partial charge in [0.05, 0.1) is 18.4 Å². The summed E-state index contributed by atoms with van der Waals surface area (Å²) in [5.74, 6) is 0.685. The van der Waals surface area contributed by atoms with E-state index in [0.717, 1.165) is 53.9 Å². The van der Waals surface area contributed by atoms with Crippen LogP contribution >= 0.6 is 0 Å². The molecule has 29 heavy (non-hydrogen) atoms. The van der Waals surface area contributed by atoms with Gasteiger partial charge in [-0.2, -0.15) is 5.10 Å². The van der Waals surface area contributed by atoms with Gasteiger partial charge < -0.3 is 5.32 Å². The minimum absolute atomic E-state index is 0.467. The monoisotopic (exact) mass is 386 g/mol. The first kappa shape index (κ1) is 17.7. The number of aryl methyl sites for hydroxylation is 1. The highest BCUT2D eigenvalue weighted by Gasteiger charge is 2.16. The van der Waals surface area contributed by atoms with E-state index in [4.69, 9.17) is 0 Å². The Morgan fingerprint density at radius 1 is 0.931 bits per heavy atom. The number of piperidine rings is 1. The minimum Gasteiger partial charge on any atom is -0.317 e. The third-order valence-corrected chi connectivity index (χ3v) is 5.29. The van der Waals surface area contributed by atoms with Crippen LogP contribution < -0.4 is 5.32 Å². The van der Waals surface area contributed by atoms with Crippen LogP contribution in [0.3, 0.4) is 0 Å². The number of aromatic nitrogens is 7. The lowest BCUT2D eigenvalue weighted by molar-refractivity contribution is 0.343. The van der Waals surface area contributed by atoms with E-state index in [9.17, 15) is 0 Å². The minimum atomic E-state index is 0.467. The Kier molecular flexibility index (Phi) is 4.61. The van der Waals surface area contributed by atoms with Crippen LogP contribution in [-0.2, 0) is 7.05 Å². The van der Waals surface area contributed by atoms with E-state index < -0.39 is 0 Å². The second-order valence-electron chi connectivity index (χ2n) is 7.34. The first-order valence-corrected chi connectivity index (χ1v) is 9.81. The van der Waals surface area contributed by atoms with Crippen molar-refractivity contribution in [3.05, 3.63) is 55.2 Å². The van der Waals surface area contributed by atoms with Crippen molar-refractivity contribution in [2.75, 3.05) is 13.1 Å². The maximum Gasteiger partial charge on any atom is 0.159 e. The van der Waals surface area contributed by atoms with Crippen molar-refractivity contribution in [3.8, 4) is 33.8 Å². The molecule has 0 bridgehead atoms. The van der Waals surface area contributed by atoms with Crippen molar-refractivity contribution in [3.63, 3.8) is 0 Å². The first-order valence-electron chi connectivity index (χ1n) is 9.81. The number of hydrogen-bond donors (Lipinski definition) is 1. The number of nitrogens with one attached hydrogen (secondary N) is 1. The smallest absolute Gasteiger partial charge is 0.159 e. The van der Waals surface area contributed by atoms with Crippen LogP contribution in [-0.4, -0.2) is 47.8 Å². The van der Waals surface area contributed by atoms with E-state index in [2.05, 4.69) is 41.6 Å². The number of hydrogen-bond acceptors (Lipinski definition) is 6. The number of benzene rings is 1. The van der Waals surface area contributed by atoms with Gasteiger partial charge >= 0.3 is 0 Å². The number of rotatable bonds is 4. The molecule has 8 nitrogen and oxygen atoms in total. The molecule has 1 fully saturated rings. The molecule has 1 saturated heterocycles. The molecule has 1 aromatic carbocycles. The van der Waals surface area contributed by atoms with Crippen molar-refractivity contribution >= 4 is 0 Å². The van der Waals surface area contributed by atoms with Crippen molar-refractivity contribution in [2.24, 2.45) is 7.05 Å². The molecule has 4 aromatic rings. The van der Waals surface area contributed by atoms with Gasteiger partial charge in [-0.05, 0) is 32.0 Å². The molecule has 3 aromatic heterocycles. The summed E-state index contributed by atoms with van der Waals surface area (Å²) in [5, 5.41) is 16.1. The number of nitrogens with zero attached hydrogens (tertiary/aromatic N) is 7. The summed E-state index contributed by atoms with van der Waals surface area (Å²) in [6.07, 6.45) is 11.8. The fourth-order valence-corrected chi connectivity index (χ4v) is 3.68. The molecule has 0 radical (unpaired) electrons. The molecule has 1 aliphatic heterocycles. The molecule has 0 aliphatic carbocycles. The highest BCUT2D eigenvalue weighted by molar-refractivity contribution is 5.68. The zero-order chi connectivity index (χ0) is 19.6. The van der Waals surface area contributed by atoms with Crippen LogP contribution in [0.4, 0.5) is 0 Å². The Hall–Kier alpha value is -3.39. The predicted octanol–water partition coefficient (Wildman–Crippen LogP) is 2.73. The summed E-state index contributed by atoms with van der Waals surface area (Å²) in [6, 6.07) is 8.50. The topological polar surface area (TPSA) is 86.3 Å². The Morgan fingerprint density at radius 2 is 1.72 bits per heavy atom. The zero-order valence-electron chi connectivity index (χ0n) is 16.2. The molecule has 0 spiro atoms. The van der Waals surface area contributed by atoms with Crippen LogP contribution in [0.25, 0.3) is 33.8 Å². The van der Waals surface area contributed by atoms with Crippen molar-refractivity contribution in [2.45, 2.75) is 18.9 Å². The normalized spacial score (nSPS) is 14.9. The Bertz CT molecular complexity index is 1110. The maximum absolute atomic E-state index is 4.59.